The van der Waals surface area contributed by atoms with Crippen molar-refractivity contribution in [3.05, 3.63) is 243 Å². The summed E-state index contributed by atoms with van der Waals surface area (Å²) in [5, 5.41) is 46.7. The molecule has 0 saturated carbocycles. The van der Waals surface area contributed by atoms with Gasteiger partial charge in [-0.15, -0.1) is 0 Å². The molecule has 0 amide bonds. The van der Waals surface area contributed by atoms with E-state index < -0.39 is 104 Å². The Hall–Kier alpha value is -4.36. The molecule has 18 nitrogen and oxygen atoms in total. The van der Waals surface area contributed by atoms with Crippen molar-refractivity contribution < 1.29 is 78.0 Å². The van der Waals surface area contributed by atoms with E-state index in [1.54, 1.807) is 0 Å². The normalized spacial score (nSPS) is 27.1. The smallest absolute Gasteiger partial charge is 0.413 e. The second-order valence-electron chi connectivity index (χ2n) is 27.2. The second kappa shape index (κ2) is 31.3. The molecule has 520 valence electrons. The summed E-state index contributed by atoms with van der Waals surface area (Å²) in [4.78, 5) is 0. The molecule has 0 radical (unpaired) electrons. The molecule has 4 N–H and O–H groups in total. The molecule has 8 aromatic rings. The first kappa shape index (κ1) is 74.8. The standard InChI is InChI=1S/C68H92O18Si12/c1-87(2,57-33-53-69)73-91(61-37-17-9-18-38-61)77-95(65-45-25-13-26-46-65)79-92(62-39-19-10-20-40-62,74-88(3,4)58-34-54-70)80-96(78-91,66-47-27-14-28-48-66)86-98(68-51-31-16-32-52-68)82-93(63-41-21-11-22-42-63,75-89(5,6)59-35-55-71)81-97(85-95,67-49-29-15-30-50-67)83-94(84-98,64-43-23-12-24-44-64)76-90(7,8)60-36-56-72/h9-32,37-52,69-72H,33-36,53-60H2,1-8H3. The van der Waals surface area contributed by atoms with Gasteiger partial charge in [-0.2, -0.15) is 0 Å². The minimum absolute atomic E-state index is 0.104. The van der Waals surface area contributed by atoms with E-state index in [-0.39, 0.29) is 26.4 Å². The third-order valence-electron chi connectivity index (χ3n) is 17.1. The van der Waals surface area contributed by atoms with Crippen molar-refractivity contribution in [1.82, 2.24) is 0 Å². The highest BCUT2D eigenvalue weighted by Gasteiger charge is 2.81. The van der Waals surface area contributed by atoms with Crippen molar-refractivity contribution >= 4 is 145 Å². The van der Waals surface area contributed by atoms with Gasteiger partial charge in [0.2, 0.25) is 0 Å². The van der Waals surface area contributed by atoms with Gasteiger partial charge in [-0.1, -0.05) is 243 Å². The summed E-state index contributed by atoms with van der Waals surface area (Å²) in [5.74, 6) is 0. The Morgan fingerprint density at radius 3 is 0.510 bits per heavy atom. The zero-order chi connectivity index (χ0) is 69.3. The van der Waals surface area contributed by atoms with Gasteiger partial charge in [0.25, 0.3) is 0 Å². The highest BCUT2D eigenvalue weighted by molar-refractivity contribution is 7.11. The SMILES string of the molecule is C[Si](C)(CCCO)O[Si]1(c2ccccc2)O[Si]2(c3ccccc3)O[Si](O[Si](C)(C)CCCO)(c3ccccc3)O[Si](c3ccccc3)(O1)O[Si]1(c3ccccc3)O[Si](O[Si](C)(C)CCCO)(c3ccccc3)O[Si](c3ccccc3)(O[Si](O[Si](C)(C)CCCO)(c3ccccc3)O1)O2. The van der Waals surface area contributed by atoms with Gasteiger partial charge in [0.1, 0.15) is 0 Å². The lowest BCUT2D eigenvalue weighted by Crippen LogP contribution is -2.91. The van der Waals surface area contributed by atoms with Gasteiger partial charge >= 0.3 is 70.4 Å². The van der Waals surface area contributed by atoms with Gasteiger partial charge in [0.15, 0.2) is 33.3 Å². The predicted octanol–water partition coefficient (Wildman–Crippen LogP) is 7.38. The number of fused-ring (bicyclic) bond motifs is 4. The van der Waals surface area contributed by atoms with Crippen LogP contribution in [0, 0.1) is 0 Å². The Bertz CT molecular complexity index is 3280. The highest BCUT2D eigenvalue weighted by atomic mass is 28.6. The summed E-state index contributed by atoms with van der Waals surface area (Å²) in [6.07, 6.45) is 1.60. The van der Waals surface area contributed by atoms with Crippen LogP contribution in [-0.2, 0) is 57.6 Å². The van der Waals surface area contributed by atoms with Gasteiger partial charge in [-0.3, -0.25) is 0 Å². The number of hydrogen-bond donors (Lipinski definition) is 4. The molecule has 0 aromatic heterocycles. The molecule has 98 heavy (non-hydrogen) atoms. The molecule has 0 spiro atoms. The van der Waals surface area contributed by atoms with Crippen LogP contribution >= 0.6 is 0 Å². The number of benzene rings is 8. The minimum atomic E-state index is -5.50. The number of aliphatic hydroxyl groups excluding tert-OH is 4. The van der Waals surface area contributed by atoms with Crippen molar-refractivity contribution in [2.75, 3.05) is 26.4 Å². The Morgan fingerprint density at radius 2 is 0.367 bits per heavy atom. The molecule has 0 atom stereocenters. The predicted molar refractivity (Wildman–Crippen MR) is 406 cm³/mol. The molecule has 4 fully saturated rings. The van der Waals surface area contributed by atoms with E-state index in [2.05, 4.69) is 52.4 Å². The quantitative estimate of drug-likeness (QED) is 0.0353. The zero-order valence-corrected chi connectivity index (χ0v) is 69.1. The molecule has 4 saturated heterocycles. The van der Waals surface area contributed by atoms with Crippen molar-refractivity contribution in [3.8, 4) is 0 Å². The first-order chi connectivity index (χ1) is 47.0. The first-order valence-electron chi connectivity index (χ1n) is 33.7. The van der Waals surface area contributed by atoms with Crippen LogP contribution in [0.2, 0.25) is 76.6 Å². The van der Waals surface area contributed by atoms with Gasteiger partial charge in [-0.05, 0) is 102 Å². The van der Waals surface area contributed by atoms with Gasteiger partial charge in [0.05, 0.1) is 0 Å². The van der Waals surface area contributed by atoms with Crippen molar-refractivity contribution in [1.29, 1.82) is 0 Å². The maximum atomic E-state index is 10.7. The van der Waals surface area contributed by atoms with E-state index in [9.17, 15) is 20.4 Å². The van der Waals surface area contributed by atoms with Crippen molar-refractivity contribution in [2.24, 2.45) is 0 Å². The number of rotatable bonds is 28. The van der Waals surface area contributed by atoms with E-state index in [0.717, 1.165) is 0 Å². The lowest BCUT2D eigenvalue weighted by atomic mass is 10.4. The van der Waals surface area contributed by atoms with E-state index in [1.807, 2.05) is 243 Å². The summed E-state index contributed by atoms with van der Waals surface area (Å²) < 4.78 is 121. The average molecular weight is 1530 g/mol. The topological polar surface area (TPSA) is 210 Å². The van der Waals surface area contributed by atoms with Gasteiger partial charge in [0, 0.05) is 67.9 Å². The summed E-state index contributed by atoms with van der Waals surface area (Å²) >= 11 is 0. The van der Waals surface area contributed by atoms with E-state index in [0.29, 0.717) is 91.4 Å². The lowest BCUT2D eigenvalue weighted by Gasteiger charge is -2.58. The van der Waals surface area contributed by atoms with Crippen molar-refractivity contribution in [2.45, 2.75) is 102 Å². The van der Waals surface area contributed by atoms with E-state index >= 15 is 0 Å². The maximum Gasteiger partial charge on any atom is 0.515 e. The number of hydrogen-bond acceptors (Lipinski definition) is 18. The van der Waals surface area contributed by atoms with Gasteiger partial charge < -0.3 is 78.0 Å². The van der Waals surface area contributed by atoms with Gasteiger partial charge in [-0.25, -0.2) is 0 Å². The Balaban J connectivity index is 1.45. The second-order valence-corrected chi connectivity index (χ2v) is 68.2. The Kier molecular flexibility index (Phi) is 23.9. The fourth-order valence-corrected chi connectivity index (χ4v) is 73.1. The van der Waals surface area contributed by atoms with Crippen LogP contribution in [0.15, 0.2) is 243 Å². The molecule has 4 bridgehead atoms. The molecular formula is C68H92O18Si12. The Morgan fingerprint density at radius 1 is 0.224 bits per heavy atom. The van der Waals surface area contributed by atoms with Crippen LogP contribution in [-0.4, -0.2) is 151 Å². The molecule has 12 rings (SSSR count). The molecular weight excluding hydrogens is 1440 g/mol. The van der Waals surface area contributed by atoms with Crippen LogP contribution in [0.5, 0.6) is 0 Å². The van der Waals surface area contributed by atoms with Crippen LogP contribution < -0.4 is 41.5 Å². The third kappa shape index (κ3) is 16.8. The molecule has 4 aliphatic rings. The van der Waals surface area contributed by atoms with E-state index in [1.165, 1.54) is 0 Å². The van der Waals surface area contributed by atoms with Crippen LogP contribution in [0.3, 0.4) is 0 Å². The molecule has 0 aliphatic carbocycles. The van der Waals surface area contributed by atoms with Crippen LogP contribution in [0.1, 0.15) is 25.7 Å². The summed E-state index contributed by atoms with van der Waals surface area (Å²) in [5.41, 5.74) is 0. The van der Waals surface area contributed by atoms with Crippen molar-refractivity contribution in [3.63, 3.8) is 0 Å². The number of aliphatic hydroxyl groups is 4. The summed E-state index contributed by atoms with van der Waals surface area (Å²) in [7, 11) is -55.4. The molecule has 4 aliphatic heterocycles. The fourth-order valence-electron chi connectivity index (χ4n) is 12.5. The zero-order valence-electron chi connectivity index (χ0n) is 57.1. The average Bonchev–Trinajstić information content (AvgIpc) is 0.686. The summed E-state index contributed by atoms with van der Waals surface area (Å²) in [6.45, 7) is 16.3. The summed E-state index contributed by atoms with van der Waals surface area (Å²) in [6, 6.07) is 78.5. The largest absolute Gasteiger partial charge is 0.515 e. The molecule has 0 unspecified atom stereocenters. The van der Waals surface area contributed by atoms with Crippen LogP contribution in [0.4, 0.5) is 0 Å². The molecule has 4 heterocycles. The highest BCUT2D eigenvalue weighted by Crippen LogP contribution is 2.45. The van der Waals surface area contributed by atoms with Crippen LogP contribution in [0.25, 0.3) is 0 Å². The van der Waals surface area contributed by atoms with E-state index in [4.69, 9.17) is 57.6 Å². The maximum absolute atomic E-state index is 10.7. The molecule has 30 heteroatoms. The monoisotopic (exact) mass is 1530 g/mol. The lowest BCUT2D eigenvalue weighted by molar-refractivity contribution is 0.0478. The minimum Gasteiger partial charge on any atom is -0.413 e. The fraction of sp³-hybridized carbons (Fsp3) is 0.294. The molecule has 8 aromatic carbocycles. The Labute approximate surface area is 590 Å². The first-order valence-corrected chi connectivity index (χ1v) is 59.9. The third-order valence-corrected chi connectivity index (χ3v) is 66.3.